The van der Waals surface area contributed by atoms with Gasteiger partial charge in [-0.1, -0.05) is 6.92 Å². The maximum atomic E-state index is 11.6. The third-order valence-electron chi connectivity index (χ3n) is 3.48. The third kappa shape index (κ3) is 2.47. The quantitative estimate of drug-likeness (QED) is 0.686. The van der Waals surface area contributed by atoms with Crippen LogP contribution in [0.4, 0.5) is 0 Å². The molecule has 1 amide bonds. The zero-order chi connectivity index (χ0) is 10.1. The molecule has 80 valence electrons. The first kappa shape index (κ1) is 9.97. The van der Waals surface area contributed by atoms with E-state index in [4.69, 9.17) is 5.73 Å². The molecule has 0 saturated heterocycles. The average molecular weight is 196 g/mol. The Kier molecular flexibility index (Phi) is 2.77. The number of nitrogens with two attached hydrogens (primary N) is 1. The smallest absolute Gasteiger partial charge is 0.223 e. The predicted molar refractivity (Wildman–Crippen MR) is 55.6 cm³/mol. The van der Waals surface area contributed by atoms with Gasteiger partial charge in [-0.15, -0.1) is 0 Å². The Morgan fingerprint density at radius 1 is 1.36 bits per heavy atom. The fraction of sp³-hybridized carbons (Fsp3) is 0.909. The van der Waals surface area contributed by atoms with E-state index >= 15 is 0 Å². The summed E-state index contributed by atoms with van der Waals surface area (Å²) in [5.74, 6) is 1.71. The van der Waals surface area contributed by atoms with E-state index in [1.54, 1.807) is 0 Å². The summed E-state index contributed by atoms with van der Waals surface area (Å²) in [4.78, 5) is 11.6. The summed E-state index contributed by atoms with van der Waals surface area (Å²) in [6, 6.07) is 0.186. The topological polar surface area (TPSA) is 55.1 Å². The van der Waals surface area contributed by atoms with Gasteiger partial charge in [0, 0.05) is 18.5 Å². The van der Waals surface area contributed by atoms with Crippen LogP contribution in [0.1, 0.15) is 32.6 Å². The number of hydrogen-bond donors (Lipinski definition) is 2. The van der Waals surface area contributed by atoms with Gasteiger partial charge in [0.05, 0.1) is 0 Å². The van der Waals surface area contributed by atoms with Crippen molar-refractivity contribution in [3.63, 3.8) is 0 Å². The number of amides is 1. The highest BCUT2D eigenvalue weighted by Gasteiger charge is 2.33. The Bertz CT molecular complexity index is 221. The van der Waals surface area contributed by atoms with Crippen molar-refractivity contribution in [2.75, 3.05) is 6.54 Å². The zero-order valence-electron chi connectivity index (χ0n) is 8.83. The first-order valence-electron chi connectivity index (χ1n) is 5.71. The summed E-state index contributed by atoms with van der Waals surface area (Å²) in [6.45, 7) is 2.69. The molecule has 0 aromatic heterocycles. The van der Waals surface area contributed by atoms with Gasteiger partial charge in [0.1, 0.15) is 0 Å². The number of carbonyl (C=O) groups excluding carboxylic acids is 1. The van der Waals surface area contributed by atoms with Crippen molar-refractivity contribution in [3.05, 3.63) is 0 Å². The van der Waals surface area contributed by atoms with Crippen molar-refractivity contribution in [2.45, 2.75) is 38.6 Å². The monoisotopic (exact) mass is 196 g/mol. The van der Waals surface area contributed by atoms with Crippen LogP contribution in [-0.2, 0) is 4.79 Å². The van der Waals surface area contributed by atoms with Gasteiger partial charge in [-0.2, -0.15) is 0 Å². The number of hydrogen-bond acceptors (Lipinski definition) is 2. The van der Waals surface area contributed by atoms with Crippen molar-refractivity contribution in [3.8, 4) is 0 Å². The van der Waals surface area contributed by atoms with E-state index in [1.165, 1.54) is 25.7 Å². The van der Waals surface area contributed by atoms with Crippen LogP contribution in [0.15, 0.2) is 0 Å². The van der Waals surface area contributed by atoms with E-state index in [0.29, 0.717) is 18.4 Å². The minimum Gasteiger partial charge on any atom is -0.354 e. The lowest BCUT2D eigenvalue weighted by molar-refractivity contribution is -0.125. The highest BCUT2D eigenvalue weighted by atomic mass is 16.1. The van der Waals surface area contributed by atoms with Gasteiger partial charge in [0.15, 0.2) is 0 Å². The number of carbonyl (C=O) groups is 1. The molecule has 3 N–H and O–H groups in total. The summed E-state index contributed by atoms with van der Waals surface area (Å²) >= 11 is 0. The summed E-state index contributed by atoms with van der Waals surface area (Å²) in [5.41, 5.74) is 5.90. The van der Waals surface area contributed by atoms with Gasteiger partial charge in [0.2, 0.25) is 5.91 Å². The zero-order valence-corrected chi connectivity index (χ0v) is 8.83. The molecule has 0 spiro atoms. The van der Waals surface area contributed by atoms with Crippen LogP contribution in [-0.4, -0.2) is 18.5 Å². The molecule has 0 bridgehead atoms. The summed E-state index contributed by atoms with van der Waals surface area (Å²) in [5, 5.41) is 2.96. The second kappa shape index (κ2) is 3.89. The largest absolute Gasteiger partial charge is 0.354 e. The lowest BCUT2D eigenvalue weighted by Gasteiger charge is -2.14. The standard InChI is InChI=1S/C11H20N2O/c1-7(8-2-3-8)11(14)13-6-10(12)9-4-5-9/h7-10H,2-6,12H2,1H3,(H,13,14). The van der Waals surface area contributed by atoms with E-state index < -0.39 is 0 Å². The molecule has 0 aromatic carbocycles. The van der Waals surface area contributed by atoms with Crippen LogP contribution < -0.4 is 11.1 Å². The fourth-order valence-electron chi connectivity index (χ4n) is 1.88. The molecule has 3 nitrogen and oxygen atoms in total. The molecule has 0 aromatic rings. The van der Waals surface area contributed by atoms with Crippen LogP contribution in [0.5, 0.6) is 0 Å². The van der Waals surface area contributed by atoms with Crippen molar-refractivity contribution in [2.24, 2.45) is 23.5 Å². The molecule has 2 aliphatic carbocycles. The lowest BCUT2D eigenvalue weighted by Crippen LogP contribution is -2.40. The summed E-state index contributed by atoms with van der Waals surface area (Å²) in [6.07, 6.45) is 4.94. The van der Waals surface area contributed by atoms with E-state index in [-0.39, 0.29) is 17.9 Å². The lowest BCUT2D eigenvalue weighted by atomic mass is 10.1. The molecule has 14 heavy (non-hydrogen) atoms. The number of rotatable bonds is 5. The van der Waals surface area contributed by atoms with Gasteiger partial charge in [-0.3, -0.25) is 4.79 Å². The molecule has 3 heteroatoms. The second-order valence-corrected chi connectivity index (χ2v) is 4.87. The van der Waals surface area contributed by atoms with Gasteiger partial charge >= 0.3 is 0 Å². The first-order valence-corrected chi connectivity index (χ1v) is 5.71. The van der Waals surface area contributed by atoms with Gasteiger partial charge in [-0.25, -0.2) is 0 Å². The Hall–Kier alpha value is -0.570. The molecular formula is C11H20N2O. The van der Waals surface area contributed by atoms with Crippen molar-refractivity contribution < 1.29 is 4.79 Å². The average Bonchev–Trinajstić information content (AvgIpc) is 3.05. The van der Waals surface area contributed by atoms with Gasteiger partial charge in [0.25, 0.3) is 0 Å². The highest BCUT2D eigenvalue weighted by Crippen LogP contribution is 2.36. The molecule has 0 heterocycles. The maximum absolute atomic E-state index is 11.6. The van der Waals surface area contributed by atoms with Crippen LogP contribution in [0.25, 0.3) is 0 Å². The Morgan fingerprint density at radius 3 is 2.43 bits per heavy atom. The molecule has 2 aliphatic rings. The highest BCUT2D eigenvalue weighted by molar-refractivity contribution is 5.78. The summed E-state index contributed by atoms with van der Waals surface area (Å²) in [7, 11) is 0. The minimum atomic E-state index is 0.186. The molecule has 2 saturated carbocycles. The van der Waals surface area contributed by atoms with Crippen LogP contribution in [0, 0.1) is 17.8 Å². The molecule has 2 unspecified atom stereocenters. The minimum absolute atomic E-state index is 0.186. The Morgan fingerprint density at radius 2 is 1.93 bits per heavy atom. The van der Waals surface area contributed by atoms with E-state index in [2.05, 4.69) is 5.32 Å². The normalized spacial score (nSPS) is 25.6. The van der Waals surface area contributed by atoms with Crippen molar-refractivity contribution in [1.29, 1.82) is 0 Å². The summed E-state index contributed by atoms with van der Waals surface area (Å²) < 4.78 is 0. The SMILES string of the molecule is CC(C(=O)NCC(N)C1CC1)C1CC1. The van der Waals surface area contributed by atoms with E-state index in [9.17, 15) is 4.79 Å². The Labute approximate surface area is 85.4 Å². The van der Waals surface area contributed by atoms with Gasteiger partial charge < -0.3 is 11.1 Å². The van der Waals surface area contributed by atoms with Crippen molar-refractivity contribution in [1.82, 2.24) is 5.32 Å². The third-order valence-corrected chi connectivity index (χ3v) is 3.48. The van der Waals surface area contributed by atoms with Crippen molar-refractivity contribution >= 4 is 5.91 Å². The molecule has 2 fully saturated rings. The first-order chi connectivity index (χ1) is 6.68. The van der Waals surface area contributed by atoms with Crippen LogP contribution >= 0.6 is 0 Å². The molecule has 2 rings (SSSR count). The molecule has 2 atom stereocenters. The van der Waals surface area contributed by atoms with Crippen LogP contribution in [0.2, 0.25) is 0 Å². The van der Waals surface area contributed by atoms with E-state index in [0.717, 1.165) is 0 Å². The van der Waals surface area contributed by atoms with Gasteiger partial charge in [-0.05, 0) is 37.5 Å². The molecular weight excluding hydrogens is 176 g/mol. The predicted octanol–water partition coefficient (Wildman–Crippen LogP) is 0.886. The maximum Gasteiger partial charge on any atom is 0.223 e. The Balaban J connectivity index is 1.65. The van der Waals surface area contributed by atoms with E-state index in [1.807, 2.05) is 6.92 Å². The number of nitrogens with one attached hydrogen (secondary N) is 1. The van der Waals surface area contributed by atoms with Crippen LogP contribution in [0.3, 0.4) is 0 Å². The molecule has 0 aliphatic heterocycles. The fourth-order valence-corrected chi connectivity index (χ4v) is 1.88. The second-order valence-electron chi connectivity index (χ2n) is 4.87. The molecule has 0 radical (unpaired) electrons.